The maximum atomic E-state index is 4.64. The summed E-state index contributed by atoms with van der Waals surface area (Å²) >= 11 is 1.63. The van der Waals surface area contributed by atoms with Crippen molar-refractivity contribution < 1.29 is 0 Å². The highest BCUT2D eigenvalue weighted by Gasteiger charge is 2.06. The highest BCUT2D eigenvalue weighted by molar-refractivity contribution is 7.21. The van der Waals surface area contributed by atoms with E-state index in [0.717, 1.165) is 32.9 Å². The molecule has 0 radical (unpaired) electrons. The van der Waals surface area contributed by atoms with E-state index in [4.69, 9.17) is 0 Å². The smallest absolute Gasteiger partial charge is 0.185 e. The van der Waals surface area contributed by atoms with Crippen molar-refractivity contribution in [3.8, 4) is 0 Å². The molecule has 0 spiro atoms. The number of pyridine rings is 1. The number of hydrogen-bond donors (Lipinski definition) is 1. The quantitative estimate of drug-likeness (QED) is 0.716. The molecular formula is C14H15N3S. The highest BCUT2D eigenvalue weighted by Crippen LogP contribution is 2.27. The zero-order valence-corrected chi connectivity index (χ0v) is 11.1. The minimum atomic E-state index is 0.973. The molecule has 0 fully saturated rings. The molecule has 2 aromatic heterocycles. The lowest BCUT2D eigenvalue weighted by molar-refractivity contribution is 0.834. The number of hydrogen-bond acceptors (Lipinski definition) is 4. The molecule has 0 aliphatic rings. The Balaban J connectivity index is 1.98. The fraction of sp³-hybridized carbons (Fsp3) is 0.286. The Morgan fingerprint density at radius 3 is 2.94 bits per heavy atom. The minimum absolute atomic E-state index is 0.973. The van der Waals surface area contributed by atoms with Crippen LogP contribution in [0, 0.1) is 0 Å². The van der Waals surface area contributed by atoms with Crippen LogP contribution in [0.5, 0.6) is 0 Å². The average molecular weight is 257 g/mol. The van der Waals surface area contributed by atoms with Gasteiger partial charge < -0.3 is 5.32 Å². The minimum Gasteiger partial charge on any atom is -0.361 e. The van der Waals surface area contributed by atoms with Crippen LogP contribution in [0.3, 0.4) is 0 Å². The van der Waals surface area contributed by atoms with Crippen LogP contribution in [-0.4, -0.2) is 16.5 Å². The normalized spacial score (nSPS) is 11.2. The molecule has 1 N–H and O–H groups in total. The topological polar surface area (TPSA) is 37.8 Å². The number of fused-ring (bicyclic) bond motifs is 2. The van der Waals surface area contributed by atoms with Gasteiger partial charge in [-0.05, 0) is 18.6 Å². The summed E-state index contributed by atoms with van der Waals surface area (Å²) < 4.78 is 0. The van der Waals surface area contributed by atoms with Crippen LogP contribution >= 0.6 is 11.3 Å². The van der Waals surface area contributed by atoms with E-state index in [1.54, 1.807) is 11.3 Å². The van der Waals surface area contributed by atoms with Crippen molar-refractivity contribution in [2.24, 2.45) is 0 Å². The summed E-state index contributed by atoms with van der Waals surface area (Å²) in [6, 6.07) is 10.3. The summed E-state index contributed by atoms with van der Waals surface area (Å²) in [7, 11) is 0. The Bertz CT molecular complexity index is 622. The SMILES string of the molecule is CCCCNc1nc2cc3ccccc3nc2s1. The van der Waals surface area contributed by atoms with E-state index in [9.17, 15) is 0 Å². The van der Waals surface area contributed by atoms with Crippen molar-refractivity contribution in [3.05, 3.63) is 30.3 Å². The predicted molar refractivity (Wildman–Crippen MR) is 78.3 cm³/mol. The monoisotopic (exact) mass is 257 g/mol. The molecule has 92 valence electrons. The molecule has 1 aromatic carbocycles. The first-order chi connectivity index (χ1) is 8.86. The van der Waals surface area contributed by atoms with Gasteiger partial charge >= 0.3 is 0 Å². The molecule has 3 aromatic rings. The molecule has 0 bridgehead atoms. The first-order valence-electron chi connectivity index (χ1n) is 6.27. The maximum absolute atomic E-state index is 4.64. The Hall–Kier alpha value is -1.68. The van der Waals surface area contributed by atoms with E-state index < -0.39 is 0 Å². The van der Waals surface area contributed by atoms with Gasteiger partial charge in [0.05, 0.1) is 5.52 Å². The van der Waals surface area contributed by atoms with Crippen LogP contribution in [-0.2, 0) is 0 Å². The molecular weight excluding hydrogens is 242 g/mol. The number of rotatable bonds is 4. The number of aromatic nitrogens is 2. The van der Waals surface area contributed by atoms with Crippen LogP contribution in [0.15, 0.2) is 30.3 Å². The highest BCUT2D eigenvalue weighted by atomic mass is 32.1. The van der Waals surface area contributed by atoms with E-state index in [1.807, 2.05) is 18.2 Å². The van der Waals surface area contributed by atoms with Crippen molar-refractivity contribution in [3.63, 3.8) is 0 Å². The fourth-order valence-electron chi connectivity index (χ4n) is 1.91. The zero-order chi connectivity index (χ0) is 12.4. The van der Waals surface area contributed by atoms with Crippen molar-refractivity contribution in [2.75, 3.05) is 11.9 Å². The van der Waals surface area contributed by atoms with E-state index >= 15 is 0 Å². The largest absolute Gasteiger partial charge is 0.361 e. The van der Waals surface area contributed by atoms with E-state index in [0.29, 0.717) is 0 Å². The molecule has 0 atom stereocenters. The molecule has 0 unspecified atom stereocenters. The molecule has 4 heteroatoms. The third-order valence-electron chi connectivity index (χ3n) is 2.89. The summed E-state index contributed by atoms with van der Waals surface area (Å²) in [5, 5.41) is 5.48. The molecule has 0 saturated carbocycles. The van der Waals surface area contributed by atoms with Crippen LogP contribution in [0.25, 0.3) is 21.3 Å². The third-order valence-corrected chi connectivity index (χ3v) is 3.81. The summed E-state index contributed by atoms with van der Waals surface area (Å²) in [4.78, 5) is 10.2. The van der Waals surface area contributed by atoms with Crippen LogP contribution < -0.4 is 5.32 Å². The number of unbranched alkanes of at least 4 members (excludes halogenated alkanes) is 1. The molecule has 18 heavy (non-hydrogen) atoms. The molecule has 2 heterocycles. The Morgan fingerprint density at radius 2 is 2.06 bits per heavy atom. The first-order valence-corrected chi connectivity index (χ1v) is 7.08. The van der Waals surface area contributed by atoms with E-state index in [1.165, 1.54) is 12.8 Å². The molecule has 0 aliphatic heterocycles. The van der Waals surface area contributed by atoms with Crippen molar-refractivity contribution >= 4 is 37.7 Å². The lowest BCUT2D eigenvalue weighted by atomic mass is 10.2. The number of nitrogens with one attached hydrogen (secondary N) is 1. The standard InChI is InChI=1S/C14H15N3S/c1-2-3-8-15-14-17-12-9-10-6-4-5-7-11(10)16-13(12)18-14/h4-7,9H,2-3,8H2,1H3,(H,15,17). The van der Waals surface area contributed by atoms with Gasteiger partial charge in [0.1, 0.15) is 10.3 Å². The van der Waals surface area contributed by atoms with Gasteiger partial charge in [-0.2, -0.15) is 0 Å². The second-order valence-corrected chi connectivity index (χ2v) is 5.28. The molecule has 3 nitrogen and oxygen atoms in total. The lowest BCUT2D eigenvalue weighted by Gasteiger charge is -1.98. The summed E-state index contributed by atoms with van der Waals surface area (Å²) in [5.41, 5.74) is 2.02. The summed E-state index contributed by atoms with van der Waals surface area (Å²) in [6.45, 7) is 3.17. The Morgan fingerprint density at radius 1 is 1.17 bits per heavy atom. The van der Waals surface area contributed by atoms with Crippen LogP contribution in [0.1, 0.15) is 19.8 Å². The van der Waals surface area contributed by atoms with Gasteiger partial charge in [-0.15, -0.1) is 0 Å². The Kier molecular flexibility index (Phi) is 3.11. The molecule has 3 rings (SSSR count). The number of thiazole rings is 1. The number of anilines is 1. The molecule has 0 amide bonds. The average Bonchev–Trinajstić information content (AvgIpc) is 2.77. The lowest BCUT2D eigenvalue weighted by Crippen LogP contribution is -1.99. The third kappa shape index (κ3) is 2.16. The van der Waals surface area contributed by atoms with E-state index in [2.05, 4.69) is 34.3 Å². The Labute approximate surface area is 110 Å². The van der Waals surface area contributed by atoms with Gasteiger partial charge in [-0.3, -0.25) is 0 Å². The van der Waals surface area contributed by atoms with Crippen LogP contribution in [0.4, 0.5) is 5.13 Å². The first kappa shape index (κ1) is 11.4. The van der Waals surface area contributed by atoms with Crippen molar-refractivity contribution in [2.45, 2.75) is 19.8 Å². The summed E-state index contributed by atoms with van der Waals surface area (Å²) in [6.07, 6.45) is 2.37. The number of nitrogens with zero attached hydrogens (tertiary/aromatic N) is 2. The number of para-hydroxylation sites is 1. The summed E-state index contributed by atoms with van der Waals surface area (Å²) in [5.74, 6) is 0. The second-order valence-electron chi connectivity index (χ2n) is 4.30. The predicted octanol–water partition coefficient (Wildman–Crippen LogP) is 4.06. The fourth-order valence-corrected chi connectivity index (χ4v) is 2.77. The van der Waals surface area contributed by atoms with Gasteiger partial charge in [0.25, 0.3) is 0 Å². The van der Waals surface area contributed by atoms with E-state index in [-0.39, 0.29) is 0 Å². The maximum Gasteiger partial charge on any atom is 0.185 e. The number of benzene rings is 1. The van der Waals surface area contributed by atoms with Crippen molar-refractivity contribution in [1.82, 2.24) is 9.97 Å². The van der Waals surface area contributed by atoms with Gasteiger partial charge in [0.2, 0.25) is 0 Å². The van der Waals surface area contributed by atoms with Crippen molar-refractivity contribution in [1.29, 1.82) is 0 Å². The van der Waals surface area contributed by atoms with Gasteiger partial charge in [0.15, 0.2) is 5.13 Å². The van der Waals surface area contributed by atoms with Gasteiger partial charge in [0, 0.05) is 11.9 Å². The van der Waals surface area contributed by atoms with Crippen LogP contribution in [0.2, 0.25) is 0 Å². The molecule has 0 aliphatic carbocycles. The second kappa shape index (κ2) is 4.90. The molecule has 0 saturated heterocycles. The van der Waals surface area contributed by atoms with Gasteiger partial charge in [-0.25, -0.2) is 9.97 Å². The van der Waals surface area contributed by atoms with Gasteiger partial charge in [-0.1, -0.05) is 42.9 Å². The zero-order valence-electron chi connectivity index (χ0n) is 10.3.